The maximum Gasteiger partial charge on any atom is 0.337 e. The van der Waals surface area contributed by atoms with Crippen LogP contribution in [0.5, 0.6) is 0 Å². The predicted molar refractivity (Wildman–Crippen MR) is 155 cm³/mol. The summed E-state index contributed by atoms with van der Waals surface area (Å²) in [6, 6.07) is 20.4. The van der Waals surface area contributed by atoms with Gasteiger partial charge in [0.25, 0.3) is 0 Å². The second kappa shape index (κ2) is 13.4. The van der Waals surface area contributed by atoms with Crippen LogP contribution in [0.15, 0.2) is 66.7 Å². The molecule has 3 amide bonds. The topological polar surface area (TPSA) is 91.0 Å². The molecule has 1 aliphatic rings. The third-order valence-corrected chi connectivity index (χ3v) is 7.09. The van der Waals surface area contributed by atoms with Crippen molar-refractivity contribution in [1.82, 2.24) is 4.90 Å². The van der Waals surface area contributed by atoms with Gasteiger partial charge in [-0.25, -0.2) is 9.59 Å². The van der Waals surface area contributed by atoms with Gasteiger partial charge in [0, 0.05) is 44.0 Å². The molecule has 8 nitrogen and oxygen atoms in total. The smallest absolute Gasteiger partial charge is 0.337 e. The lowest BCUT2D eigenvalue weighted by atomic mass is 10.1. The van der Waals surface area contributed by atoms with Crippen LogP contribution in [0.2, 0.25) is 10.0 Å². The molecule has 4 rings (SSSR count). The van der Waals surface area contributed by atoms with Crippen molar-refractivity contribution in [2.75, 3.05) is 48.8 Å². The Morgan fingerprint density at radius 1 is 0.872 bits per heavy atom. The number of hydrogen-bond donors (Lipinski definition) is 2. The molecule has 0 radical (unpaired) electrons. The zero-order valence-corrected chi connectivity index (χ0v) is 23.1. The number of carbonyl (C=O) groups is 3. The third-order valence-electron chi connectivity index (χ3n) is 6.49. The maximum atomic E-state index is 12.8. The van der Waals surface area contributed by atoms with Gasteiger partial charge in [-0.1, -0.05) is 53.5 Å². The summed E-state index contributed by atoms with van der Waals surface area (Å²) >= 11 is 12.5. The van der Waals surface area contributed by atoms with Gasteiger partial charge in [0.05, 0.1) is 28.4 Å². The number of carbonyl (C=O) groups excluding carboxylic acids is 3. The minimum absolute atomic E-state index is 0.00143. The Morgan fingerprint density at radius 2 is 1.51 bits per heavy atom. The predicted octanol–water partition coefficient (Wildman–Crippen LogP) is 6.10. The number of nitrogens with one attached hydrogen (secondary N) is 2. The van der Waals surface area contributed by atoms with E-state index in [1.165, 1.54) is 24.8 Å². The fraction of sp³-hybridized carbons (Fsp3) is 0.276. The number of nitrogens with zero attached hydrogens (tertiary/aromatic N) is 2. The highest BCUT2D eigenvalue weighted by Crippen LogP contribution is 2.32. The van der Waals surface area contributed by atoms with E-state index in [9.17, 15) is 14.4 Å². The summed E-state index contributed by atoms with van der Waals surface area (Å²) in [6.45, 7) is 2.28. The lowest BCUT2D eigenvalue weighted by Gasteiger charge is -2.36. The number of esters is 1. The van der Waals surface area contributed by atoms with Crippen LogP contribution >= 0.6 is 23.2 Å². The van der Waals surface area contributed by atoms with Gasteiger partial charge in [-0.15, -0.1) is 0 Å². The summed E-state index contributed by atoms with van der Waals surface area (Å²) in [5.41, 5.74) is 3.45. The number of methoxy groups -OCH3 is 1. The Morgan fingerprint density at radius 3 is 2.13 bits per heavy atom. The summed E-state index contributed by atoms with van der Waals surface area (Å²) in [5.74, 6) is -0.569. The second-order valence-corrected chi connectivity index (χ2v) is 9.96. The first-order valence-corrected chi connectivity index (χ1v) is 13.4. The van der Waals surface area contributed by atoms with Gasteiger partial charge >= 0.3 is 12.0 Å². The van der Waals surface area contributed by atoms with Crippen molar-refractivity contribution in [3.05, 3.63) is 87.9 Å². The highest BCUT2D eigenvalue weighted by molar-refractivity contribution is 6.40. The van der Waals surface area contributed by atoms with Crippen LogP contribution in [0.4, 0.5) is 21.9 Å². The molecule has 0 aliphatic carbocycles. The monoisotopic (exact) mass is 568 g/mol. The van der Waals surface area contributed by atoms with E-state index in [0.717, 1.165) is 24.2 Å². The van der Waals surface area contributed by atoms with Gasteiger partial charge in [0.15, 0.2) is 0 Å². The van der Waals surface area contributed by atoms with Crippen molar-refractivity contribution in [2.24, 2.45) is 0 Å². The van der Waals surface area contributed by atoms with E-state index >= 15 is 0 Å². The molecular weight excluding hydrogens is 539 g/mol. The minimum Gasteiger partial charge on any atom is -0.465 e. The summed E-state index contributed by atoms with van der Waals surface area (Å²) in [6.07, 6.45) is 2.13. The first kappa shape index (κ1) is 28.3. The molecule has 0 bridgehead atoms. The van der Waals surface area contributed by atoms with E-state index in [4.69, 9.17) is 23.2 Å². The van der Waals surface area contributed by atoms with Crippen LogP contribution in [-0.2, 0) is 16.0 Å². The lowest BCUT2D eigenvalue weighted by Crippen LogP contribution is -2.50. The zero-order chi connectivity index (χ0) is 27.8. The van der Waals surface area contributed by atoms with E-state index in [2.05, 4.69) is 32.4 Å². The first-order chi connectivity index (χ1) is 18.8. The highest BCUT2D eigenvalue weighted by Gasteiger charge is 2.23. The summed E-state index contributed by atoms with van der Waals surface area (Å²) < 4.78 is 4.69. The normalized spacial score (nSPS) is 13.1. The molecule has 0 unspecified atom stereocenters. The highest BCUT2D eigenvalue weighted by atomic mass is 35.5. The molecule has 2 N–H and O–H groups in total. The number of aryl methyl sites for hydroxylation is 1. The number of ether oxygens (including phenoxy) is 1. The molecule has 3 aromatic rings. The minimum atomic E-state index is -0.568. The van der Waals surface area contributed by atoms with Gasteiger partial charge in [-0.3, -0.25) is 4.79 Å². The molecule has 0 atom stereocenters. The molecule has 1 fully saturated rings. The SMILES string of the molecule is COC(=O)c1cc(Cl)c(NC(=O)N2CCN(c3ccc(NC(=O)CCCc4ccccc4)cc3)CC2)c(Cl)c1. The van der Waals surface area contributed by atoms with E-state index in [0.29, 0.717) is 32.6 Å². The number of hydrogen-bond acceptors (Lipinski definition) is 5. The van der Waals surface area contributed by atoms with E-state index in [-0.39, 0.29) is 33.2 Å². The molecular formula is C29H30Cl2N4O4. The van der Waals surface area contributed by atoms with Gasteiger partial charge in [-0.2, -0.15) is 0 Å². The van der Waals surface area contributed by atoms with Crippen LogP contribution in [0.1, 0.15) is 28.8 Å². The molecule has 204 valence electrons. The second-order valence-electron chi connectivity index (χ2n) is 9.14. The molecule has 1 heterocycles. The van der Waals surface area contributed by atoms with E-state index < -0.39 is 5.97 Å². The Labute approximate surface area is 237 Å². The van der Waals surface area contributed by atoms with Crippen LogP contribution in [0.3, 0.4) is 0 Å². The first-order valence-electron chi connectivity index (χ1n) is 12.7. The van der Waals surface area contributed by atoms with Crippen molar-refractivity contribution in [1.29, 1.82) is 0 Å². The largest absolute Gasteiger partial charge is 0.465 e. The molecule has 0 aromatic heterocycles. The van der Waals surface area contributed by atoms with Gasteiger partial charge in [0.1, 0.15) is 0 Å². The Balaban J connectivity index is 1.24. The molecule has 0 saturated carbocycles. The molecule has 0 spiro atoms. The Hall–Kier alpha value is -3.75. The summed E-state index contributed by atoms with van der Waals surface area (Å²) in [4.78, 5) is 40.8. The van der Waals surface area contributed by atoms with Crippen LogP contribution in [0, 0.1) is 0 Å². The van der Waals surface area contributed by atoms with Crippen molar-refractivity contribution in [3.63, 3.8) is 0 Å². The number of rotatable bonds is 8. The number of piperazine rings is 1. The van der Waals surface area contributed by atoms with Crippen molar-refractivity contribution < 1.29 is 19.1 Å². The van der Waals surface area contributed by atoms with Gasteiger partial charge < -0.3 is 25.2 Å². The van der Waals surface area contributed by atoms with Crippen molar-refractivity contribution in [2.45, 2.75) is 19.3 Å². The molecule has 39 heavy (non-hydrogen) atoms. The van der Waals surface area contributed by atoms with E-state index in [1.807, 2.05) is 42.5 Å². The third kappa shape index (κ3) is 7.65. The Bertz CT molecular complexity index is 1290. The fourth-order valence-electron chi connectivity index (χ4n) is 4.36. The Kier molecular flexibility index (Phi) is 9.68. The number of benzene rings is 3. The van der Waals surface area contributed by atoms with Crippen molar-refractivity contribution >= 4 is 58.2 Å². The standard InChI is InChI=1S/C29H30Cl2N4O4/c1-39-28(37)21-18-24(30)27(25(31)19-21)33-29(38)35-16-14-34(15-17-35)23-12-10-22(11-13-23)32-26(36)9-5-8-20-6-3-2-4-7-20/h2-4,6-7,10-13,18-19H,5,8-9,14-17H2,1H3,(H,32,36)(H,33,38). The molecule has 1 aliphatic heterocycles. The summed E-state index contributed by atoms with van der Waals surface area (Å²) in [7, 11) is 1.26. The maximum absolute atomic E-state index is 12.8. The van der Waals surface area contributed by atoms with Gasteiger partial charge in [0.2, 0.25) is 5.91 Å². The number of anilines is 3. The van der Waals surface area contributed by atoms with Crippen LogP contribution < -0.4 is 15.5 Å². The zero-order valence-electron chi connectivity index (χ0n) is 21.6. The molecule has 1 saturated heterocycles. The van der Waals surface area contributed by atoms with Gasteiger partial charge in [-0.05, 0) is 54.8 Å². The van der Waals surface area contributed by atoms with Crippen molar-refractivity contribution in [3.8, 4) is 0 Å². The molecule has 3 aromatic carbocycles. The average molecular weight is 569 g/mol. The lowest BCUT2D eigenvalue weighted by molar-refractivity contribution is -0.116. The molecule has 10 heteroatoms. The number of amides is 3. The van der Waals surface area contributed by atoms with E-state index in [1.54, 1.807) is 4.90 Å². The van der Waals surface area contributed by atoms with Crippen LogP contribution in [-0.4, -0.2) is 56.1 Å². The number of halogens is 2. The fourth-order valence-corrected chi connectivity index (χ4v) is 4.94. The quantitative estimate of drug-likeness (QED) is 0.320. The summed E-state index contributed by atoms with van der Waals surface area (Å²) in [5, 5.41) is 6.01. The average Bonchev–Trinajstić information content (AvgIpc) is 2.95. The van der Waals surface area contributed by atoms with Crippen LogP contribution in [0.25, 0.3) is 0 Å². The number of urea groups is 1.